The lowest BCUT2D eigenvalue weighted by Crippen LogP contribution is -2.35. The predicted octanol–water partition coefficient (Wildman–Crippen LogP) is 3.71. The van der Waals surface area contributed by atoms with Gasteiger partial charge in [-0.2, -0.15) is 5.10 Å². The summed E-state index contributed by atoms with van der Waals surface area (Å²) in [6.07, 6.45) is 1.42. The molecule has 170 valence electrons. The minimum Gasteiger partial charge on any atom is -0.379 e. The van der Waals surface area contributed by atoms with E-state index >= 15 is 0 Å². The number of hydrogen-bond acceptors (Lipinski definition) is 5. The van der Waals surface area contributed by atoms with Crippen LogP contribution in [-0.4, -0.2) is 57.4 Å². The molecule has 0 spiro atoms. The summed E-state index contributed by atoms with van der Waals surface area (Å²) >= 11 is 0. The van der Waals surface area contributed by atoms with E-state index in [1.807, 2.05) is 12.1 Å². The standard InChI is InChI=1S/C22H21F2N7O2/c23-14-2-4-16(15(24)10-14)28-22(32)29-19-11-25-30-20(19)21-26-17-3-1-13(9-18(17)27-21)12-31-5-7-33-8-6-31/h1-4,9-11H,5-8,12H2,(H,25,30)(H,26,27)(H2,28,29,32). The second kappa shape index (κ2) is 8.96. The molecule has 0 bridgehead atoms. The first-order valence-electron chi connectivity index (χ1n) is 10.4. The Bertz CT molecular complexity index is 1300. The molecule has 0 radical (unpaired) electrons. The normalized spacial score (nSPS) is 14.5. The van der Waals surface area contributed by atoms with Crippen LogP contribution in [0.3, 0.4) is 0 Å². The van der Waals surface area contributed by atoms with Crippen LogP contribution < -0.4 is 10.6 Å². The van der Waals surface area contributed by atoms with Crippen molar-refractivity contribution >= 4 is 28.4 Å². The topological polar surface area (TPSA) is 111 Å². The summed E-state index contributed by atoms with van der Waals surface area (Å²) in [5, 5.41) is 11.8. The monoisotopic (exact) mass is 453 g/mol. The van der Waals surface area contributed by atoms with E-state index in [2.05, 4.69) is 41.8 Å². The number of aromatic amines is 2. The third-order valence-corrected chi connectivity index (χ3v) is 5.36. The number of fused-ring (bicyclic) bond motifs is 1. The average Bonchev–Trinajstić information content (AvgIpc) is 3.42. The van der Waals surface area contributed by atoms with E-state index in [1.54, 1.807) is 0 Å². The molecule has 0 saturated carbocycles. The molecule has 1 aliphatic rings. The molecule has 0 aliphatic carbocycles. The molecule has 1 fully saturated rings. The lowest BCUT2D eigenvalue weighted by Gasteiger charge is -2.26. The maximum atomic E-state index is 13.8. The van der Waals surface area contributed by atoms with E-state index in [1.165, 1.54) is 6.20 Å². The minimum atomic E-state index is -0.872. The molecule has 1 saturated heterocycles. The minimum absolute atomic E-state index is 0.143. The highest BCUT2D eigenvalue weighted by atomic mass is 19.1. The molecule has 4 aromatic rings. The molecule has 2 aromatic heterocycles. The van der Waals surface area contributed by atoms with Crippen molar-refractivity contribution < 1.29 is 18.3 Å². The van der Waals surface area contributed by atoms with E-state index < -0.39 is 17.7 Å². The Morgan fingerprint density at radius 1 is 1.09 bits per heavy atom. The summed E-state index contributed by atoms with van der Waals surface area (Å²) in [6, 6.07) is 8.23. The number of H-pyrrole nitrogens is 2. The highest BCUT2D eigenvalue weighted by Crippen LogP contribution is 2.26. The predicted molar refractivity (Wildman–Crippen MR) is 119 cm³/mol. The van der Waals surface area contributed by atoms with Crippen molar-refractivity contribution in [3.63, 3.8) is 0 Å². The van der Waals surface area contributed by atoms with Crippen LogP contribution in [0.5, 0.6) is 0 Å². The Balaban J connectivity index is 1.32. The van der Waals surface area contributed by atoms with Crippen LogP contribution in [-0.2, 0) is 11.3 Å². The molecular formula is C22H21F2N7O2. The lowest BCUT2D eigenvalue weighted by atomic mass is 10.2. The number of anilines is 2. The second-order valence-electron chi connectivity index (χ2n) is 7.69. The van der Waals surface area contributed by atoms with Crippen molar-refractivity contribution in [1.29, 1.82) is 0 Å². The van der Waals surface area contributed by atoms with E-state index in [4.69, 9.17) is 4.74 Å². The van der Waals surface area contributed by atoms with Crippen LogP contribution in [0.1, 0.15) is 5.56 Å². The van der Waals surface area contributed by atoms with Crippen molar-refractivity contribution in [1.82, 2.24) is 25.1 Å². The van der Waals surface area contributed by atoms with Crippen LogP contribution in [0.4, 0.5) is 25.0 Å². The summed E-state index contributed by atoms with van der Waals surface area (Å²) in [7, 11) is 0. The fraction of sp³-hybridized carbons (Fsp3) is 0.227. The molecule has 5 rings (SSSR count). The molecule has 11 heteroatoms. The number of rotatable bonds is 5. The number of amides is 2. The van der Waals surface area contributed by atoms with Gasteiger partial charge in [0.2, 0.25) is 0 Å². The summed E-state index contributed by atoms with van der Waals surface area (Å²) in [5.41, 5.74) is 3.46. The van der Waals surface area contributed by atoms with Gasteiger partial charge in [0.05, 0.1) is 41.8 Å². The lowest BCUT2D eigenvalue weighted by molar-refractivity contribution is 0.0342. The molecule has 0 unspecified atom stereocenters. The summed E-state index contributed by atoms with van der Waals surface area (Å²) < 4.78 is 32.3. The van der Waals surface area contributed by atoms with Crippen LogP contribution in [0, 0.1) is 11.6 Å². The number of urea groups is 1. The highest BCUT2D eigenvalue weighted by Gasteiger charge is 2.16. The van der Waals surface area contributed by atoms with Gasteiger partial charge in [0.15, 0.2) is 5.82 Å². The molecular weight excluding hydrogens is 432 g/mol. The smallest absolute Gasteiger partial charge is 0.323 e. The number of halogens is 2. The Labute approximate surface area is 187 Å². The zero-order valence-corrected chi connectivity index (χ0v) is 17.5. The average molecular weight is 453 g/mol. The van der Waals surface area contributed by atoms with Crippen molar-refractivity contribution in [2.75, 3.05) is 36.9 Å². The van der Waals surface area contributed by atoms with Crippen LogP contribution in [0.2, 0.25) is 0 Å². The Hall–Kier alpha value is -3.83. The molecule has 2 amide bonds. The molecule has 33 heavy (non-hydrogen) atoms. The van der Waals surface area contributed by atoms with Gasteiger partial charge in [0, 0.05) is 25.7 Å². The Morgan fingerprint density at radius 3 is 2.73 bits per heavy atom. The van der Waals surface area contributed by atoms with Crippen molar-refractivity contribution in [3.05, 3.63) is 59.8 Å². The third-order valence-electron chi connectivity index (χ3n) is 5.36. The first-order chi connectivity index (χ1) is 16.0. The van der Waals surface area contributed by atoms with Crippen LogP contribution in [0.25, 0.3) is 22.6 Å². The fourth-order valence-electron chi connectivity index (χ4n) is 3.72. The first-order valence-corrected chi connectivity index (χ1v) is 10.4. The van der Waals surface area contributed by atoms with Gasteiger partial charge in [0.1, 0.15) is 17.3 Å². The van der Waals surface area contributed by atoms with Crippen LogP contribution in [0.15, 0.2) is 42.6 Å². The number of aromatic nitrogens is 4. The third kappa shape index (κ3) is 4.69. The van der Waals surface area contributed by atoms with Gasteiger partial charge in [-0.05, 0) is 29.8 Å². The first kappa shape index (κ1) is 21.0. The molecule has 0 atom stereocenters. The maximum absolute atomic E-state index is 13.8. The molecule has 1 aliphatic heterocycles. The zero-order chi connectivity index (χ0) is 22.8. The quantitative estimate of drug-likeness (QED) is 0.368. The molecule has 2 aromatic carbocycles. The van der Waals surface area contributed by atoms with Gasteiger partial charge in [-0.25, -0.2) is 18.6 Å². The number of nitrogens with one attached hydrogen (secondary N) is 4. The van der Waals surface area contributed by atoms with E-state index in [-0.39, 0.29) is 5.69 Å². The van der Waals surface area contributed by atoms with E-state index in [9.17, 15) is 13.6 Å². The van der Waals surface area contributed by atoms with Gasteiger partial charge in [0.25, 0.3) is 0 Å². The van der Waals surface area contributed by atoms with Crippen LogP contribution >= 0.6 is 0 Å². The summed E-state index contributed by atoms with van der Waals surface area (Å²) in [6.45, 7) is 4.12. The van der Waals surface area contributed by atoms with Gasteiger partial charge in [-0.3, -0.25) is 10.00 Å². The number of ether oxygens (including phenoxy) is 1. The second-order valence-corrected chi connectivity index (χ2v) is 7.69. The number of carbonyl (C=O) groups is 1. The largest absolute Gasteiger partial charge is 0.379 e. The zero-order valence-electron chi connectivity index (χ0n) is 17.5. The highest BCUT2D eigenvalue weighted by molar-refractivity contribution is 6.01. The summed E-state index contributed by atoms with van der Waals surface area (Å²) in [5.74, 6) is -1.11. The number of imidazole rings is 1. The number of carbonyl (C=O) groups excluding carboxylic acids is 1. The number of nitrogens with zero attached hydrogens (tertiary/aromatic N) is 3. The van der Waals surface area contributed by atoms with Crippen molar-refractivity contribution in [2.24, 2.45) is 0 Å². The number of morpholine rings is 1. The molecule has 9 nitrogen and oxygen atoms in total. The number of benzene rings is 2. The van der Waals surface area contributed by atoms with Gasteiger partial charge < -0.3 is 20.4 Å². The van der Waals surface area contributed by atoms with Gasteiger partial charge in [-0.15, -0.1) is 0 Å². The number of hydrogen-bond donors (Lipinski definition) is 4. The van der Waals surface area contributed by atoms with Crippen molar-refractivity contribution in [2.45, 2.75) is 6.54 Å². The van der Waals surface area contributed by atoms with E-state index in [0.29, 0.717) is 23.3 Å². The Kier molecular flexibility index (Phi) is 5.71. The van der Waals surface area contributed by atoms with Crippen molar-refractivity contribution in [3.8, 4) is 11.5 Å². The van der Waals surface area contributed by atoms with E-state index in [0.717, 1.165) is 61.6 Å². The molecule has 4 N–H and O–H groups in total. The SMILES string of the molecule is O=C(Nc1ccc(F)cc1F)Nc1cn[nH]c1-c1nc2ccc(CN3CCOCC3)cc2[nH]1. The van der Waals surface area contributed by atoms with Gasteiger partial charge in [-0.1, -0.05) is 6.07 Å². The maximum Gasteiger partial charge on any atom is 0.323 e. The molecule has 3 heterocycles. The fourth-order valence-corrected chi connectivity index (χ4v) is 3.72. The Morgan fingerprint density at radius 2 is 1.91 bits per heavy atom. The summed E-state index contributed by atoms with van der Waals surface area (Å²) in [4.78, 5) is 22.5. The van der Waals surface area contributed by atoms with Gasteiger partial charge >= 0.3 is 6.03 Å².